The summed E-state index contributed by atoms with van der Waals surface area (Å²) in [5, 5.41) is 15.2. The van der Waals surface area contributed by atoms with Gasteiger partial charge in [0.2, 0.25) is 0 Å². The number of hydrogen-bond acceptors (Lipinski definition) is 3. The number of likely N-dealkylation sites (tertiary alicyclic amines) is 1. The van der Waals surface area contributed by atoms with Crippen LogP contribution in [0.4, 0.5) is 23.7 Å². The number of alkyl halides is 3. The zero-order valence-corrected chi connectivity index (χ0v) is 18.9. The van der Waals surface area contributed by atoms with E-state index in [0.29, 0.717) is 25.8 Å². The minimum atomic E-state index is -4.35. The van der Waals surface area contributed by atoms with Crippen LogP contribution in [0.15, 0.2) is 42.5 Å². The molecule has 0 radical (unpaired) electrons. The maximum Gasteiger partial charge on any atom is 0.416 e. The average molecular weight is 448 g/mol. The van der Waals surface area contributed by atoms with Gasteiger partial charge in [0.05, 0.1) is 5.56 Å². The average Bonchev–Trinajstić information content (AvgIpc) is 2.69. The fourth-order valence-electron chi connectivity index (χ4n) is 4.44. The second-order valence-corrected chi connectivity index (χ2v) is 9.68. The highest BCUT2D eigenvalue weighted by Gasteiger charge is 2.36. The molecular weight excluding hydrogens is 417 g/mol. The summed E-state index contributed by atoms with van der Waals surface area (Å²) in [6.45, 7) is 8.47. The molecule has 1 aliphatic heterocycles. The van der Waals surface area contributed by atoms with Crippen LogP contribution in [-0.4, -0.2) is 29.6 Å². The summed E-state index contributed by atoms with van der Waals surface area (Å²) in [4.78, 5) is 13.0. The molecule has 0 aromatic heterocycles. The quantitative estimate of drug-likeness (QED) is 0.698. The summed E-state index contributed by atoms with van der Waals surface area (Å²) in [7, 11) is 0. The summed E-state index contributed by atoms with van der Waals surface area (Å²) in [6.07, 6.45) is -3.66. The monoisotopic (exact) mass is 447 g/mol. The van der Waals surface area contributed by atoms with Crippen LogP contribution in [0.1, 0.15) is 55.9 Å². The molecule has 2 aromatic rings. The third-order valence-corrected chi connectivity index (χ3v) is 6.27. The molecule has 1 saturated heterocycles. The number of carbonyl (C=O) groups excluding carboxylic acids is 1. The van der Waals surface area contributed by atoms with E-state index in [2.05, 4.69) is 5.32 Å². The standard InChI is InChI=1S/C25H31F3N2O2/c1-16-6-5-7-21(20(16)14-17-8-10-18(11-9-17)25(26,27)28)29-19-12-13-30(23(31)32)22(15-19)24(2,3)4/h5-11,19,22,29H,12-15H2,1-4H3,(H,31,32)/p-1. The fraction of sp³-hybridized carbons (Fsp3) is 0.480. The fourth-order valence-corrected chi connectivity index (χ4v) is 4.44. The van der Waals surface area contributed by atoms with Crippen molar-refractivity contribution in [3.05, 3.63) is 64.7 Å². The molecule has 2 aromatic carbocycles. The van der Waals surface area contributed by atoms with Crippen molar-refractivity contribution in [1.82, 2.24) is 4.90 Å². The van der Waals surface area contributed by atoms with Crippen molar-refractivity contribution in [3.63, 3.8) is 0 Å². The first-order valence-corrected chi connectivity index (χ1v) is 10.8. The summed E-state index contributed by atoms with van der Waals surface area (Å²) in [6, 6.07) is 11.1. The van der Waals surface area contributed by atoms with Gasteiger partial charge >= 0.3 is 6.18 Å². The number of hydrogen-bond donors (Lipinski definition) is 1. The number of nitrogens with zero attached hydrogens (tertiary/aromatic N) is 1. The highest BCUT2D eigenvalue weighted by molar-refractivity contribution is 5.63. The van der Waals surface area contributed by atoms with Crippen molar-refractivity contribution in [2.45, 2.75) is 65.2 Å². The van der Waals surface area contributed by atoms with E-state index in [1.807, 2.05) is 45.9 Å². The Morgan fingerprint density at radius 3 is 2.34 bits per heavy atom. The van der Waals surface area contributed by atoms with Gasteiger partial charge in [-0.2, -0.15) is 13.2 Å². The maximum absolute atomic E-state index is 12.9. The van der Waals surface area contributed by atoms with Crippen molar-refractivity contribution < 1.29 is 23.1 Å². The van der Waals surface area contributed by atoms with Crippen LogP contribution in [-0.2, 0) is 12.6 Å². The Bertz CT molecular complexity index is 949. The minimum Gasteiger partial charge on any atom is -0.530 e. The summed E-state index contributed by atoms with van der Waals surface area (Å²) >= 11 is 0. The molecular formula is C25H30F3N2O2-. The summed E-state index contributed by atoms with van der Waals surface area (Å²) in [5.41, 5.74) is 2.93. The minimum absolute atomic E-state index is 0.0861. The van der Waals surface area contributed by atoms with Crippen molar-refractivity contribution >= 4 is 11.8 Å². The molecule has 1 fully saturated rings. The van der Waals surface area contributed by atoms with Crippen molar-refractivity contribution in [1.29, 1.82) is 0 Å². The third-order valence-electron chi connectivity index (χ3n) is 6.27. The largest absolute Gasteiger partial charge is 0.530 e. The van der Waals surface area contributed by atoms with E-state index in [4.69, 9.17) is 0 Å². The number of aryl methyl sites for hydroxylation is 1. The Hall–Kier alpha value is -2.70. The lowest BCUT2D eigenvalue weighted by Crippen LogP contribution is -2.57. The summed E-state index contributed by atoms with van der Waals surface area (Å²) in [5.74, 6) is 0. The highest BCUT2D eigenvalue weighted by Crippen LogP contribution is 2.34. The van der Waals surface area contributed by atoms with Crippen molar-refractivity contribution in [2.75, 3.05) is 11.9 Å². The smallest absolute Gasteiger partial charge is 0.416 e. The topological polar surface area (TPSA) is 55.4 Å². The number of carboxylic acid groups (broad SMARTS) is 1. The molecule has 1 heterocycles. The Labute approximate surface area is 187 Å². The summed E-state index contributed by atoms with van der Waals surface area (Å²) < 4.78 is 38.6. The van der Waals surface area contributed by atoms with E-state index < -0.39 is 17.8 Å². The van der Waals surface area contributed by atoms with Gasteiger partial charge in [-0.15, -0.1) is 0 Å². The molecule has 1 aliphatic rings. The second-order valence-electron chi connectivity index (χ2n) is 9.68. The van der Waals surface area contributed by atoms with Gasteiger partial charge in [0.1, 0.15) is 6.09 Å². The molecule has 7 heteroatoms. The van der Waals surface area contributed by atoms with E-state index in [0.717, 1.165) is 34.5 Å². The van der Waals surface area contributed by atoms with Crippen molar-refractivity contribution in [3.8, 4) is 0 Å². The highest BCUT2D eigenvalue weighted by atomic mass is 19.4. The van der Waals surface area contributed by atoms with E-state index in [9.17, 15) is 23.1 Å². The first kappa shape index (κ1) is 24.0. The van der Waals surface area contributed by atoms with Crippen LogP contribution in [0.2, 0.25) is 0 Å². The predicted molar refractivity (Wildman–Crippen MR) is 117 cm³/mol. The van der Waals surface area contributed by atoms with Crippen LogP contribution in [0, 0.1) is 12.3 Å². The van der Waals surface area contributed by atoms with E-state index in [-0.39, 0.29) is 17.5 Å². The molecule has 4 nitrogen and oxygen atoms in total. The lowest BCUT2D eigenvalue weighted by Gasteiger charge is -2.47. The Kier molecular flexibility index (Phi) is 6.77. The molecule has 0 saturated carbocycles. The Morgan fingerprint density at radius 1 is 1.12 bits per heavy atom. The number of amides is 1. The number of piperidine rings is 1. The Morgan fingerprint density at radius 2 is 1.78 bits per heavy atom. The van der Waals surface area contributed by atoms with Gasteiger partial charge in [0.15, 0.2) is 0 Å². The molecule has 0 bridgehead atoms. The van der Waals surface area contributed by atoms with Crippen LogP contribution in [0.5, 0.6) is 0 Å². The first-order chi connectivity index (χ1) is 14.9. The molecule has 2 atom stereocenters. The van der Waals surface area contributed by atoms with Crippen LogP contribution in [0.3, 0.4) is 0 Å². The zero-order valence-electron chi connectivity index (χ0n) is 18.9. The maximum atomic E-state index is 12.9. The molecule has 0 aliphatic carbocycles. The van der Waals surface area contributed by atoms with Gasteiger partial charge in [-0.1, -0.05) is 45.0 Å². The van der Waals surface area contributed by atoms with Crippen LogP contribution in [0.25, 0.3) is 0 Å². The second kappa shape index (κ2) is 9.04. The SMILES string of the molecule is Cc1cccc(NC2CCN(C(=O)[O-])C(C(C)(C)C)C2)c1Cc1ccc(C(F)(F)F)cc1. The van der Waals surface area contributed by atoms with E-state index >= 15 is 0 Å². The van der Waals surface area contributed by atoms with Gasteiger partial charge in [-0.05, 0) is 66.5 Å². The lowest BCUT2D eigenvalue weighted by atomic mass is 9.79. The zero-order chi connectivity index (χ0) is 23.7. The normalized spacial score (nSPS) is 19.7. The van der Waals surface area contributed by atoms with Crippen molar-refractivity contribution in [2.24, 2.45) is 5.41 Å². The number of benzene rings is 2. The third kappa shape index (κ3) is 5.56. The van der Waals surface area contributed by atoms with Gasteiger partial charge in [-0.3, -0.25) is 0 Å². The molecule has 1 amide bonds. The molecule has 1 N–H and O–H groups in total. The lowest BCUT2D eigenvalue weighted by molar-refractivity contribution is -0.271. The molecule has 0 spiro atoms. The Balaban J connectivity index is 1.80. The van der Waals surface area contributed by atoms with Gasteiger partial charge in [-0.25, -0.2) is 0 Å². The van der Waals surface area contributed by atoms with Gasteiger partial charge in [0.25, 0.3) is 0 Å². The molecule has 32 heavy (non-hydrogen) atoms. The number of anilines is 1. The molecule has 3 rings (SSSR count). The van der Waals surface area contributed by atoms with E-state index in [1.54, 1.807) is 0 Å². The van der Waals surface area contributed by atoms with Gasteiger partial charge < -0.3 is 20.1 Å². The number of halogens is 3. The predicted octanol–water partition coefficient (Wildman–Crippen LogP) is 5.24. The first-order valence-electron chi connectivity index (χ1n) is 10.8. The number of nitrogens with one attached hydrogen (secondary N) is 1. The van der Waals surface area contributed by atoms with Gasteiger partial charge in [0, 0.05) is 24.3 Å². The van der Waals surface area contributed by atoms with Crippen LogP contribution >= 0.6 is 0 Å². The molecule has 2 unspecified atom stereocenters. The molecule has 174 valence electrons. The van der Waals surface area contributed by atoms with E-state index in [1.165, 1.54) is 17.0 Å². The number of carbonyl (C=O) groups is 1. The van der Waals surface area contributed by atoms with Crippen LogP contribution < -0.4 is 10.4 Å². The number of rotatable bonds is 4.